The molecule has 0 saturated carbocycles. The maximum absolute atomic E-state index is 13.6. The fourth-order valence-corrected chi connectivity index (χ4v) is 5.18. The van der Waals surface area contributed by atoms with Gasteiger partial charge in [-0.2, -0.15) is 0 Å². The third-order valence-electron chi connectivity index (χ3n) is 5.50. The van der Waals surface area contributed by atoms with Crippen LogP contribution in [0.15, 0.2) is 40.6 Å². The Morgan fingerprint density at radius 3 is 2.78 bits per heavy atom. The first-order valence-electron chi connectivity index (χ1n) is 10.8. The molecule has 0 spiro atoms. The minimum absolute atomic E-state index is 0.0367. The maximum atomic E-state index is 13.6. The molecule has 0 saturated heterocycles. The average Bonchev–Trinajstić information content (AvgIpc) is 3.20. The zero-order chi connectivity index (χ0) is 22.9. The Labute approximate surface area is 192 Å². The summed E-state index contributed by atoms with van der Waals surface area (Å²) in [7, 11) is -1.24. The van der Waals surface area contributed by atoms with Crippen LogP contribution in [-0.2, 0) is 17.9 Å². The summed E-state index contributed by atoms with van der Waals surface area (Å²) in [5.74, 6) is 0.515. The molecule has 4 rings (SSSR count). The first-order chi connectivity index (χ1) is 15.3. The van der Waals surface area contributed by atoms with E-state index in [1.165, 1.54) is 0 Å². The minimum atomic E-state index is -1.24. The lowest BCUT2D eigenvalue weighted by molar-refractivity contribution is 0.0856. The Morgan fingerprint density at radius 1 is 1.22 bits per heavy atom. The Hall–Kier alpha value is -2.39. The molecule has 32 heavy (non-hydrogen) atoms. The molecule has 0 aliphatic heterocycles. The van der Waals surface area contributed by atoms with Crippen molar-refractivity contribution in [2.75, 3.05) is 13.2 Å². The number of thiophene rings is 1. The molecule has 0 radical (unpaired) electrons. The lowest BCUT2D eigenvalue weighted by Gasteiger charge is -2.18. The number of aromatic nitrogens is 3. The van der Waals surface area contributed by atoms with Crippen molar-refractivity contribution in [3.05, 3.63) is 57.3 Å². The van der Waals surface area contributed by atoms with Gasteiger partial charge in [-0.15, -0.1) is 11.3 Å². The first kappa shape index (κ1) is 22.8. The minimum Gasteiger partial charge on any atom is -0.396 e. The second kappa shape index (κ2) is 9.23. The monoisotopic (exact) mass is 467 g/mol. The van der Waals surface area contributed by atoms with Gasteiger partial charge in [0.15, 0.2) is 5.82 Å². The van der Waals surface area contributed by atoms with E-state index in [1.54, 1.807) is 15.9 Å². The van der Waals surface area contributed by atoms with Crippen molar-refractivity contribution >= 4 is 40.4 Å². The van der Waals surface area contributed by atoms with Crippen LogP contribution in [0.4, 0.5) is 0 Å². The van der Waals surface area contributed by atoms with Crippen molar-refractivity contribution < 1.29 is 9.84 Å². The van der Waals surface area contributed by atoms with Gasteiger partial charge in [-0.3, -0.25) is 14.3 Å². The fourth-order valence-electron chi connectivity index (χ4n) is 3.69. The molecule has 0 unspecified atom stereocenters. The zero-order valence-electron chi connectivity index (χ0n) is 19.0. The second-order valence-electron chi connectivity index (χ2n) is 9.33. The molecule has 0 aliphatic rings. The summed E-state index contributed by atoms with van der Waals surface area (Å²) in [6, 6.07) is 8.88. The van der Waals surface area contributed by atoms with Gasteiger partial charge in [0.05, 0.1) is 15.6 Å². The number of hydrogen-bond donors (Lipinski definition) is 1. The summed E-state index contributed by atoms with van der Waals surface area (Å²) in [4.78, 5) is 23.1. The predicted octanol–water partition coefficient (Wildman–Crippen LogP) is 4.83. The quantitative estimate of drug-likeness (QED) is 0.297. The fraction of sp³-hybridized carbons (Fsp3) is 0.375. The highest BCUT2D eigenvalue weighted by Crippen LogP contribution is 2.26. The molecule has 3 aromatic heterocycles. The van der Waals surface area contributed by atoms with Gasteiger partial charge in [0.2, 0.25) is 0 Å². The van der Waals surface area contributed by atoms with Crippen LogP contribution in [0.3, 0.4) is 0 Å². The van der Waals surface area contributed by atoms with Crippen LogP contribution in [0.25, 0.3) is 32.5 Å². The summed E-state index contributed by atoms with van der Waals surface area (Å²) >= 11 is 1.64. The van der Waals surface area contributed by atoms with E-state index in [-0.39, 0.29) is 18.9 Å². The van der Waals surface area contributed by atoms with Gasteiger partial charge >= 0.3 is 0 Å². The molecule has 0 atom stereocenters. The highest BCUT2D eigenvalue weighted by Gasteiger charge is 2.18. The van der Waals surface area contributed by atoms with Crippen molar-refractivity contribution in [2.24, 2.45) is 0 Å². The summed E-state index contributed by atoms with van der Waals surface area (Å²) in [5, 5.41) is 13.0. The molecule has 0 bridgehead atoms. The normalized spacial score (nSPS) is 12.2. The first-order valence-corrected chi connectivity index (χ1v) is 15.4. The molecule has 4 aromatic rings. The molecule has 6 nitrogen and oxygen atoms in total. The third-order valence-corrected chi connectivity index (χ3v) is 8.07. The number of aryl methyl sites for hydroxylation is 1. The highest BCUT2D eigenvalue weighted by atomic mass is 32.1. The Kier molecular flexibility index (Phi) is 6.57. The van der Waals surface area contributed by atoms with Gasteiger partial charge < -0.3 is 9.84 Å². The lowest BCUT2D eigenvalue weighted by Crippen LogP contribution is -2.27. The van der Waals surface area contributed by atoms with Gasteiger partial charge in [0, 0.05) is 27.5 Å². The SMILES string of the molecule is Cc1cc(CCO)cc2c(=O)n(COCC[Si](C)(C)C)c(-c3cc4ccsc4cn3)nc12. The van der Waals surface area contributed by atoms with Crippen molar-refractivity contribution in [2.45, 2.75) is 45.8 Å². The van der Waals surface area contributed by atoms with Gasteiger partial charge in [-0.05, 0) is 59.5 Å². The summed E-state index contributed by atoms with van der Waals surface area (Å²) in [6.45, 7) is 9.64. The van der Waals surface area contributed by atoms with Gasteiger partial charge in [-0.1, -0.05) is 25.7 Å². The number of pyridine rings is 1. The number of hydrogen-bond acceptors (Lipinski definition) is 6. The van der Waals surface area contributed by atoms with Crippen molar-refractivity contribution in [3.8, 4) is 11.5 Å². The molecule has 0 aliphatic carbocycles. The van der Waals surface area contributed by atoms with Crippen LogP contribution >= 0.6 is 11.3 Å². The van der Waals surface area contributed by atoms with E-state index in [1.807, 2.05) is 42.8 Å². The van der Waals surface area contributed by atoms with Crippen LogP contribution in [0.5, 0.6) is 0 Å². The van der Waals surface area contributed by atoms with E-state index in [0.29, 0.717) is 35.4 Å². The van der Waals surface area contributed by atoms with E-state index in [9.17, 15) is 9.90 Å². The zero-order valence-corrected chi connectivity index (χ0v) is 20.8. The van der Waals surface area contributed by atoms with E-state index in [0.717, 1.165) is 27.3 Å². The molecule has 168 valence electrons. The Morgan fingerprint density at radius 2 is 2.03 bits per heavy atom. The summed E-state index contributed by atoms with van der Waals surface area (Å²) in [6.07, 6.45) is 2.33. The number of fused-ring (bicyclic) bond motifs is 2. The predicted molar refractivity (Wildman–Crippen MR) is 134 cm³/mol. The Balaban J connectivity index is 1.84. The molecule has 1 N–H and O–H groups in total. The number of rotatable bonds is 8. The number of benzene rings is 1. The van der Waals surface area contributed by atoms with Crippen molar-refractivity contribution in [3.63, 3.8) is 0 Å². The lowest BCUT2D eigenvalue weighted by atomic mass is 10.0. The van der Waals surface area contributed by atoms with Gasteiger partial charge in [-0.25, -0.2) is 4.98 Å². The van der Waals surface area contributed by atoms with Gasteiger partial charge in [0.25, 0.3) is 5.56 Å². The largest absolute Gasteiger partial charge is 0.396 e. The Bertz CT molecular complexity index is 1320. The van der Waals surface area contributed by atoms with Gasteiger partial charge in [0.1, 0.15) is 12.4 Å². The van der Waals surface area contributed by atoms with Crippen LogP contribution in [0.1, 0.15) is 11.1 Å². The van der Waals surface area contributed by atoms with Crippen LogP contribution in [-0.4, -0.2) is 40.9 Å². The topological polar surface area (TPSA) is 77.2 Å². The molecular weight excluding hydrogens is 438 g/mol. The third kappa shape index (κ3) is 4.83. The van der Waals surface area contributed by atoms with E-state index in [2.05, 4.69) is 24.6 Å². The van der Waals surface area contributed by atoms with Crippen LogP contribution in [0, 0.1) is 6.92 Å². The standard InChI is InChI=1S/C24H29N3O3SSi/c1-16-11-17(5-7-28)12-19-22(16)26-23(20-13-18-6-9-31-21(18)14-25-20)27(24(19)29)15-30-8-10-32(2,3)4/h6,9,11-14,28H,5,7-8,10,15H2,1-4H3. The molecule has 0 amide bonds. The number of aliphatic hydroxyl groups is 1. The average molecular weight is 468 g/mol. The highest BCUT2D eigenvalue weighted by molar-refractivity contribution is 7.17. The summed E-state index contributed by atoms with van der Waals surface area (Å²) in [5.41, 5.74) is 3.01. The molecule has 0 fully saturated rings. The van der Waals surface area contributed by atoms with Crippen LogP contribution in [0.2, 0.25) is 25.7 Å². The smallest absolute Gasteiger partial charge is 0.263 e. The van der Waals surface area contributed by atoms with E-state index in [4.69, 9.17) is 9.72 Å². The molecule has 1 aromatic carbocycles. The second-order valence-corrected chi connectivity index (χ2v) is 15.9. The molecule has 3 heterocycles. The number of aliphatic hydroxyl groups excluding tert-OH is 1. The van der Waals surface area contributed by atoms with Crippen LogP contribution < -0.4 is 5.56 Å². The van der Waals surface area contributed by atoms with Crippen molar-refractivity contribution in [1.82, 2.24) is 14.5 Å². The maximum Gasteiger partial charge on any atom is 0.263 e. The van der Waals surface area contributed by atoms with E-state index >= 15 is 0 Å². The molecule has 8 heteroatoms. The number of ether oxygens (including phenoxy) is 1. The summed E-state index contributed by atoms with van der Waals surface area (Å²) < 4.78 is 8.65. The van der Waals surface area contributed by atoms with Crippen molar-refractivity contribution in [1.29, 1.82) is 0 Å². The van der Waals surface area contributed by atoms with E-state index < -0.39 is 8.07 Å². The molecular formula is C24H29N3O3SSi. The number of nitrogens with zero attached hydrogens (tertiary/aromatic N) is 3.